The van der Waals surface area contributed by atoms with Gasteiger partial charge in [-0.3, -0.25) is 4.68 Å². The second-order valence-electron chi connectivity index (χ2n) is 5.51. The van der Waals surface area contributed by atoms with Crippen molar-refractivity contribution in [1.29, 1.82) is 0 Å². The predicted octanol–water partition coefficient (Wildman–Crippen LogP) is 2.45. The molecule has 0 radical (unpaired) electrons. The van der Waals surface area contributed by atoms with Gasteiger partial charge in [-0.05, 0) is 31.9 Å². The van der Waals surface area contributed by atoms with Gasteiger partial charge in [-0.15, -0.1) is 0 Å². The lowest BCUT2D eigenvalue weighted by atomic mass is 10.2. The largest absolute Gasteiger partial charge is 0.467 e. The molecule has 1 N–H and O–H groups in total. The fourth-order valence-electron chi connectivity index (χ4n) is 2.51. The van der Waals surface area contributed by atoms with Gasteiger partial charge in [-0.1, -0.05) is 0 Å². The Morgan fingerprint density at radius 3 is 3.00 bits per heavy atom. The van der Waals surface area contributed by atoms with E-state index in [1.807, 2.05) is 37.2 Å². The standard InChI is InChI=1S/C15H20N4O2/c1-11(14-4-3-7-21-14)19(13-5-6-13)15(20)16-8-12-9-17-18(2)10-12/h3-4,7,9-11,13H,5-6,8H2,1-2H3,(H,16,20)/t11-/m0/s1. The number of rotatable bonds is 5. The number of urea groups is 1. The molecule has 2 amide bonds. The molecule has 1 atom stereocenters. The first-order chi connectivity index (χ1) is 10.1. The van der Waals surface area contributed by atoms with E-state index in [-0.39, 0.29) is 12.1 Å². The van der Waals surface area contributed by atoms with E-state index in [1.165, 1.54) is 0 Å². The number of carbonyl (C=O) groups excluding carboxylic acids is 1. The molecule has 1 fully saturated rings. The van der Waals surface area contributed by atoms with Gasteiger partial charge in [-0.25, -0.2) is 4.79 Å². The molecule has 0 aromatic carbocycles. The van der Waals surface area contributed by atoms with Gasteiger partial charge in [0.2, 0.25) is 0 Å². The van der Waals surface area contributed by atoms with Crippen LogP contribution in [0.3, 0.4) is 0 Å². The highest BCUT2D eigenvalue weighted by Gasteiger charge is 2.37. The molecule has 6 nitrogen and oxygen atoms in total. The third kappa shape index (κ3) is 3.09. The molecule has 1 saturated carbocycles. The van der Waals surface area contributed by atoms with Crippen molar-refractivity contribution in [2.45, 2.75) is 38.4 Å². The average molecular weight is 288 g/mol. The third-order valence-electron chi connectivity index (χ3n) is 3.75. The summed E-state index contributed by atoms with van der Waals surface area (Å²) in [4.78, 5) is 14.4. The number of nitrogens with one attached hydrogen (secondary N) is 1. The molecule has 21 heavy (non-hydrogen) atoms. The second-order valence-corrected chi connectivity index (χ2v) is 5.51. The fraction of sp³-hybridized carbons (Fsp3) is 0.467. The maximum absolute atomic E-state index is 12.5. The normalized spacial score (nSPS) is 15.7. The van der Waals surface area contributed by atoms with Gasteiger partial charge in [-0.2, -0.15) is 5.10 Å². The van der Waals surface area contributed by atoms with E-state index in [0.717, 1.165) is 24.2 Å². The molecule has 2 aromatic heterocycles. The Hall–Kier alpha value is -2.24. The number of hydrogen-bond donors (Lipinski definition) is 1. The molecular weight excluding hydrogens is 268 g/mol. The van der Waals surface area contributed by atoms with Crippen molar-refractivity contribution in [3.05, 3.63) is 42.1 Å². The van der Waals surface area contributed by atoms with Crippen LogP contribution < -0.4 is 5.32 Å². The molecule has 0 bridgehead atoms. The second kappa shape index (κ2) is 5.63. The number of amides is 2. The zero-order chi connectivity index (χ0) is 14.8. The molecule has 1 aliphatic rings. The minimum Gasteiger partial charge on any atom is -0.467 e. The first-order valence-electron chi connectivity index (χ1n) is 7.22. The lowest BCUT2D eigenvalue weighted by molar-refractivity contribution is 0.166. The van der Waals surface area contributed by atoms with Gasteiger partial charge in [0.05, 0.1) is 18.5 Å². The molecule has 1 aliphatic carbocycles. The van der Waals surface area contributed by atoms with Gasteiger partial charge >= 0.3 is 6.03 Å². The van der Waals surface area contributed by atoms with Crippen LogP contribution in [0.15, 0.2) is 35.2 Å². The topological polar surface area (TPSA) is 63.3 Å². The Morgan fingerprint density at radius 2 is 2.43 bits per heavy atom. The van der Waals surface area contributed by atoms with E-state index in [1.54, 1.807) is 17.1 Å². The van der Waals surface area contributed by atoms with Gasteiger partial charge < -0.3 is 14.6 Å². The summed E-state index contributed by atoms with van der Waals surface area (Å²) in [6.45, 7) is 2.49. The summed E-state index contributed by atoms with van der Waals surface area (Å²) in [6, 6.07) is 3.98. The Bertz CT molecular complexity index is 601. The molecule has 0 aliphatic heterocycles. The van der Waals surface area contributed by atoms with Crippen molar-refractivity contribution in [2.24, 2.45) is 7.05 Å². The molecule has 3 rings (SSSR count). The van der Waals surface area contributed by atoms with Crippen LogP contribution in [0.1, 0.15) is 37.1 Å². The zero-order valence-corrected chi connectivity index (χ0v) is 12.3. The van der Waals surface area contributed by atoms with E-state index < -0.39 is 0 Å². The summed E-state index contributed by atoms with van der Waals surface area (Å²) in [5.41, 5.74) is 0.993. The van der Waals surface area contributed by atoms with E-state index in [2.05, 4.69) is 10.4 Å². The summed E-state index contributed by atoms with van der Waals surface area (Å²) in [7, 11) is 1.86. The van der Waals surface area contributed by atoms with Crippen LogP contribution in [0.25, 0.3) is 0 Å². The van der Waals surface area contributed by atoms with Gasteiger partial charge in [0.15, 0.2) is 0 Å². The highest BCUT2D eigenvalue weighted by molar-refractivity contribution is 5.75. The Morgan fingerprint density at radius 1 is 1.62 bits per heavy atom. The Balaban J connectivity index is 1.65. The summed E-state index contributed by atoms with van der Waals surface area (Å²) in [5, 5.41) is 7.07. The van der Waals surface area contributed by atoms with Crippen molar-refractivity contribution < 1.29 is 9.21 Å². The number of aromatic nitrogens is 2. The molecule has 2 aromatic rings. The van der Waals surface area contributed by atoms with Gasteiger partial charge in [0.1, 0.15) is 5.76 Å². The van der Waals surface area contributed by atoms with Gasteiger partial charge in [0.25, 0.3) is 0 Å². The molecule has 0 unspecified atom stereocenters. The van der Waals surface area contributed by atoms with Crippen molar-refractivity contribution in [2.75, 3.05) is 0 Å². The number of furan rings is 1. The van der Waals surface area contributed by atoms with E-state index in [4.69, 9.17) is 4.42 Å². The number of carbonyl (C=O) groups is 1. The minimum atomic E-state index is -0.0543. The Kier molecular flexibility index (Phi) is 3.68. The Labute approximate surface area is 123 Å². The molecule has 6 heteroatoms. The lowest BCUT2D eigenvalue weighted by Crippen LogP contribution is -2.42. The smallest absolute Gasteiger partial charge is 0.318 e. The third-order valence-corrected chi connectivity index (χ3v) is 3.75. The SMILES string of the molecule is C[C@@H](c1ccco1)N(C(=O)NCc1cnn(C)c1)C1CC1. The summed E-state index contributed by atoms with van der Waals surface area (Å²) >= 11 is 0. The molecular formula is C15H20N4O2. The van der Waals surface area contributed by atoms with E-state index in [0.29, 0.717) is 12.6 Å². The number of nitrogens with zero attached hydrogens (tertiary/aromatic N) is 3. The highest BCUT2D eigenvalue weighted by Crippen LogP contribution is 2.34. The van der Waals surface area contributed by atoms with Crippen molar-refractivity contribution in [3.8, 4) is 0 Å². The van der Waals surface area contributed by atoms with Crippen LogP contribution in [-0.4, -0.2) is 26.8 Å². The van der Waals surface area contributed by atoms with Crippen LogP contribution >= 0.6 is 0 Å². The van der Waals surface area contributed by atoms with Gasteiger partial charge in [0, 0.05) is 31.4 Å². The average Bonchev–Trinajstić information content (AvgIpc) is 2.99. The maximum atomic E-state index is 12.5. The van der Waals surface area contributed by atoms with Crippen molar-refractivity contribution in [3.63, 3.8) is 0 Å². The van der Waals surface area contributed by atoms with Crippen LogP contribution in [-0.2, 0) is 13.6 Å². The van der Waals surface area contributed by atoms with Crippen molar-refractivity contribution in [1.82, 2.24) is 20.0 Å². The molecule has 0 spiro atoms. The first-order valence-corrected chi connectivity index (χ1v) is 7.22. The van der Waals surface area contributed by atoms with E-state index in [9.17, 15) is 4.79 Å². The molecule has 0 saturated heterocycles. The predicted molar refractivity (Wildman–Crippen MR) is 77.4 cm³/mol. The van der Waals surface area contributed by atoms with Crippen LogP contribution in [0.2, 0.25) is 0 Å². The van der Waals surface area contributed by atoms with Crippen LogP contribution in [0.5, 0.6) is 0 Å². The lowest BCUT2D eigenvalue weighted by Gasteiger charge is -2.28. The summed E-state index contributed by atoms with van der Waals surface area (Å²) in [5.74, 6) is 0.818. The number of hydrogen-bond acceptors (Lipinski definition) is 3. The zero-order valence-electron chi connectivity index (χ0n) is 12.3. The highest BCUT2D eigenvalue weighted by atomic mass is 16.3. The maximum Gasteiger partial charge on any atom is 0.318 e. The van der Waals surface area contributed by atoms with E-state index >= 15 is 0 Å². The van der Waals surface area contributed by atoms with Crippen molar-refractivity contribution >= 4 is 6.03 Å². The summed E-state index contributed by atoms with van der Waals surface area (Å²) < 4.78 is 7.16. The first kappa shape index (κ1) is 13.7. The van der Waals surface area contributed by atoms with Crippen LogP contribution in [0, 0.1) is 0 Å². The quantitative estimate of drug-likeness (QED) is 0.919. The molecule has 2 heterocycles. The summed E-state index contributed by atoms with van der Waals surface area (Å²) in [6.07, 6.45) is 7.43. The fourth-order valence-corrected chi connectivity index (χ4v) is 2.51. The number of aryl methyl sites for hydroxylation is 1. The van der Waals surface area contributed by atoms with Crippen LogP contribution in [0.4, 0.5) is 4.79 Å². The molecule has 112 valence electrons. The minimum absolute atomic E-state index is 0.0507. The monoisotopic (exact) mass is 288 g/mol.